The molecule has 6 nitrogen and oxygen atoms in total. The molecule has 1 aliphatic rings. The highest BCUT2D eigenvalue weighted by atomic mass is 16.7. The predicted molar refractivity (Wildman–Crippen MR) is 99.2 cm³/mol. The summed E-state index contributed by atoms with van der Waals surface area (Å²) in [5.41, 5.74) is 1.95. The van der Waals surface area contributed by atoms with Gasteiger partial charge in [0.2, 0.25) is 12.5 Å². The van der Waals surface area contributed by atoms with E-state index in [0.29, 0.717) is 23.9 Å². The summed E-state index contributed by atoms with van der Waals surface area (Å²) >= 11 is 0. The maximum absolute atomic E-state index is 12.0. The van der Waals surface area contributed by atoms with Crippen LogP contribution in [0, 0.1) is 0 Å². The van der Waals surface area contributed by atoms with Crippen molar-refractivity contribution < 1.29 is 28.5 Å². The van der Waals surface area contributed by atoms with Crippen LogP contribution >= 0.6 is 0 Å². The van der Waals surface area contributed by atoms with Crippen LogP contribution in [-0.4, -0.2) is 33.1 Å². The number of hydrogen-bond donors (Lipinski definition) is 0. The molecule has 144 valence electrons. The molecule has 0 N–H and O–H groups in total. The van der Waals surface area contributed by atoms with Gasteiger partial charge in [-0.2, -0.15) is 0 Å². The molecular weight excluding hydrogens is 348 g/mol. The fourth-order valence-corrected chi connectivity index (χ4v) is 3.10. The van der Waals surface area contributed by atoms with E-state index in [1.807, 2.05) is 49.4 Å². The number of methoxy groups -OCH3 is 2. The highest BCUT2D eigenvalue weighted by molar-refractivity contribution is 5.71. The van der Waals surface area contributed by atoms with Crippen molar-refractivity contribution in [3.05, 3.63) is 53.6 Å². The number of fused-ring (bicyclic) bond motifs is 1. The van der Waals surface area contributed by atoms with Gasteiger partial charge >= 0.3 is 5.97 Å². The maximum Gasteiger partial charge on any atom is 0.306 e. The van der Waals surface area contributed by atoms with Gasteiger partial charge < -0.3 is 23.7 Å². The smallest absolute Gasteiger partial charge is 0.306 e. The molecule has 3 rings (SSSR count). The van der Waals surface area contributed by atoms with Crippen molar-refractivity contribution in [3.8, 4) is 17.2 Å². The standard InChI is InChI=1S/C21H24O6/c1-14(25-12-15-7-5-4-6-8-15)17(11-20(22)24-3)16-9-18(23-2)21-19(10-16)26-13-27-21/h4-10,14,17H,11-13H2,1-3H3/t14-,17+/m1/s1. The summed E-state index contributed by atoms with van der Waals surface area (Å²) in [6.07, 6.45) is -0.0377. The zero-order valence-corrected chi connectivity index (χ0v) is 15.8. The highest BCUT2D eigenvalue weighted by Crippen LogP contribution is 2.44. The van der Waals surface area contributed by atoms with Crippen LogP contribution in [0.25, 0.3) is 0 Å². The molecule has 2 aromatic carbocycles. The first kappa shape index (κ1) is 19.0. The van der Waals surface area contributed by atoms with Crippen LogP contribution in [0.4, 0.5) is 0 Å². The summed E-state index contributed by atoms with van der Waals surface area (Å²) in [7, 11) is 2.96. The molecule has 0 radical (unpaired) electrons. The lowest BCUT2D eigenvalue weighted by molar-refractivity contribution is -0.142. The second-order valence-electron chi connectivity index (χ2n) is 6.35. The molecule has 0 unspecified atom stereocenters. The zero-order chi connectivity index (χ0) is 19.2. The SMILES string of the molecule is COC(=O)C[C@H](c1cc(OC)c2c(c1)OCO2)[C@@H](C)OCc1ccccc1. The molecular formula is C21H24O6. The second kappa shape index (κ2) is 8.77. The van der Waals surface area contributed by atoms with E-state index >= 15 is 0 Å². The first-order valence-electron chi connectivity index (χ1n) is 8.82. The number of ether oxygens (including phenoxy) is 5. The van der Waals surface area contributed by atoms with Gasteiger partial charge in [-0.1, -0.05) is 30.3 Å². The van der Waals surface area contributed by atoms with E-state index in [4.69, 9.17) is 23.7 Å². The van der Waals surface area contributed by atoms with Gasteiger partial charge in [-0.15, -0.1) is 0 Å². The normalized spacial score (nSPS) is 14.5. The van der Waals surface area contributed by atoms with Gasteiger partial charge in [0.1, 0.15) is 0 Å². The molecule has 27 heavy (non-hydrogen) atoms. The molecule has 0 saturated carbocycles. The minimum absolute atomic E-state index is 0.150. The fourth-order valence-electron chi connectivity index (χ4n) is 3.10. The van der Waals surface area contributed by atoms with Crippen molar-refractivity contribution in [2.75, 3.05) is 21.0 Å². The van der Waals surface area contributed by atoms with E-state index in [2.05, 4.69) is 0 Å². The Kier molecular flexibility index (Phi) is 6.19. The molecule has 0 fully saturated rings. The molecule has 2 atom stereocenters. The number of esters is 1. The van der Waals surface area contributed by atoms with Crippen LogP contribution in [0.5, 0.6) is 17.2 Å². The molecule has 1 heterocycles. The van der Waals surface area contributed by atoms with E-state index in [0.717, 1.165) is 11.1 Å². The molecule has 1 aliphatic heterocycles. The average molecular weight is 372 g/mol. The quantitative estimate of drug-likeness (QED) is 0.659. The molecule has 0 aromatic heterocycles. The first-order chi connectivity index (χ1) is 13.1. The predicted octanol–water partition coefficient (Wildman–Crippen LogP) is 3.68. The van der Waals surface area contributed by atoms with Crippen molar-refractivity contribution in [2.24, 2.45) is 0 Å². The Balaban J connectivity index is 1.83. The van der Waals surface area contributed by atoms with Crippen LogP contribution in [-0.2, 0) is 20.9 Å². The molecule has 6 heteroatoms. The Bertz CT molecular complexity index is 774. The van der Waals surface area contributed by atoms with Crippen molar-refractivity contribution in [3.63, 3.8) is 0 Å². The second-order valence-corrected chi connectivity index (χ2v) is 6.35. The fraction of sp³-hybridized carbons (Fsp3) is 0.381. The lowest BCUT2D eigenvalue weighted by atomic mass is 9.90. The van der Waals surface area contributed by atoms with Gasteiger partial charge in [0.05, 0.1) is 33.4 Å². The van der Waals surface area contributed by atoms with E-state index in [1.54, 1.807) is 7.11 Å². The summed E-state index contributed by atoms with van der Waals surface area (Å²) in [5.74, 6) is 1.24. The summed E-state index contributed by atoms with van der Waals surface area (Å²) in [5, 5.41) is 0. The number of carbonyl (C=O) groups excluding carboxylic acids is 1. The Morgan fingerprint density at radius 1 is 1.15 bits per heavy atom. The highest BCUT2D eigenvalue weighted by Gasteiger charge is 2.28. The summed E-state index contributed by atoms with van der Waals surface area (Å²) < 4.78 is 27.3. The van der Waals surface area contributed by atoms with Gasteiger partial charge in [-0.05, 0) is 30.2 Å². The third kappa shape index (κ3) is 4.52. The largest absolute Gasteiger partial charge is 0.493 e. The van der Waals surface area contributed by atoms with E-state index in [1.165, 1.54) is 7.11 Å². The van der Waals surface area contributed by atoms with Crippen molar-refractivity contribution in [1.82, 2.24) is 0 Å². The number of hydrogen-bond acceptors (Lipinski definition) is 6. The molecule has 0 bridgehead atoms. The van der Waals surface area contributed by atoms with Crippen LogP contribution in [0.2, 0.25) is 0 Å². The number of carbonyl (C=O) groups is 1. The van der Waals surface area contributed by atoms with Gasteiger partial charge in [0.15, 0.2) is 11.5 Å². The lowest BCUT2D eigenvalue weighted by Gasteiger charge is -2.25. The van der Waals surface area contributed by atoms with E-state index in [-0.39, 0.29) is 31.2 Å². The van der Waals surface area contributed by atoms with Gasteiger partial charge in [0, 0.05) is 5.92 Å². The summed E-state index contributed by atoms with van der Waals surface area (Å²) in [6, 6.07) is 13.7. The minimum Gasteiger partial charge on any atom is -0.493 e. The van der Waals surface area contributed by atoms with Crippen LogP contribution < -0.4 is 14.2 Å². The van der Waals surface area contributed by atoms with Crippen LogP contribution in [0.3, 0.4) is 0 Å². The third-order valence-corrected chi connectivity index (χ3v) is 4.65. The first-order valence-corrected chi connectivity index (χ1v) is 8.82. The Labute approximate surface area is 158 Å². The number of rotatable bonds is 8. The maximum atomic E-state index is 12.0. The van der Waals surface area contributed by atoms with E-state index < -0.39 is 0 Å². The number of benzene rings is 2. The van der Waals surface area contributed by atoms with Crippen molar-refractivity contribution in [1.29, 1.82) is 0 Å². The minimum atomic E-state index is -0.299. The van der Waals surface area contributed by atoms with Gasteiger partial charge in [-0.25, -0.2) is 0 Å². The van der Waals surface area contributed by atoms with Crippen molar-refractivity contribution in [2.45, 2.75) is 32.0 Å². The Morgan fingerprint density at radius 2 is 1.93 bits per heavy atom. The summed E-state index contributed by atoms with van der Waals surface area (Å²) in [4.78, 5) is 12.0. The van der Waals surface area contributed by atoms with Crippen LogP contribution in [0.1, 0.15) is 30.4 Å². The Morgan fingerprint density at radius 3 is 2.63 bits per heavy atom. The molecule has 0 aliphatic carbocycles. The van der Waals surface area contributed by atoms with E-state index in [9.17, 15) is 4.79 Å². The van der Waals surface area contributed by atoms with Gasteiger partial charge in [0.25, 0.3) is 0 Å². The monoisotopic (exact) mass is 372 g/mol. The third-order valence-electron chi connectivity index (χ3n) is 4.65. The van der Waals surface area contributed by atoms with Crippen molar-refractivity contribution >= 4 is 5.97 Å². The zero-order valence-electron chi connectivity index (χ0n) is 15.8. The van der Waals surface area contributed by atoms with Crippen LogP contribution in [0.15, 0.2) is 42.5 Å². The van der Waals surface area contributed by atoms with Gasteiger partial charge in [-0.3, -0.25) is 4.79 Å². The molecule has 0 amide bonds. The topological polar surface area (TPSA) is 63.2 Å². The Hall–Kier alpha value is -2.73. The lowest BCUT2D eigenvalue weighted by Crippen LogP contribution is -2.22. The molecule has 0 spiro atoms. The average Bonchev–Trinajstić information content (AvgIpc) is 3.18. The molecule has 2 aromatic rings. The summed E-state index contributed by atoms with van der Waals surface area (Å²) in [6.45, 7) is 2.56. The molecule has 0 saturated heterocycles.